The number of nitrogens with zero attached hydrogens (tertiary/aromatic N) is 3. The summed E-state index contributed by atoms with van der Waals surface area (Å²) in [6, 6.07) is 5.18. The average molecular weight is 514 g/mol. The second kappa shape index (κ2) is 12.0. The molecule has 204 valence electrons. The SMILES string of the molecule is CCOC(=O)C1=C(CN2CCCN(C(=O)NC(C)(C)C)CC2)N(CC)C(=O)NC1c1cc(C)ccc1C. The Morgan fingerprint density at radius 2 is 1.84 bits per heavy atom. The van der Waals surface area contributed by atoms with E-state index in [9.17, 15) is 14.4 Å². The molecule has 2 heterocycles. The fourth-order valence-corrected chi connectivity index (χ4v) is 4.91. The van der Waals surface area contributed by atoms with Crippen molar-refractivity contribution in [1.29, 1.82) is 0 Å². The van der Waals surface area contributed by atoms with Gasteiger partial charge in [-0.25, -0.2) is 14.4 Å². The van der Waals surface area contributed by atoms with E-state index in [2.05, 4.69) is 15.5 Å². The smallest absolute Gasteiger partial charge is 0.338 e. The van der Waals surface area contributed by atoms with Gasteiger partial charge in [0.25, 0.3) is 0 Å². The Hall–Kier alpha value is -3.07. The van der Waals surface area contributed by atoms with Crippen LogP contribution in [-0.4, -0.2) is 84.1 Å². The number of hydrogen-bond donors (Lipinski definition) is 2. The minimum atomic E-state index is -0.592. The van der Waals surface area contributed by atoms with Crippen molar-refractivity contribution in [2.75, 3.05) is 45.9 Å². The van der Waals surface area contributed by atoms with Crippen LogP contribution in [0.3, 0.4) is 0 Å². The first-order chi connectivity index (χ1) is 17.4. The molecule has 1 aromatic rings. The predicted octanol–water partition coefficient (Wildman–Crippen LogP) is 3.72. The lowest BCUT2D eigenvalue weighted by Crippen LogP contribution is -2.51. The van der Waals surface area contributed by atoms with Crippen LogP contribution >= 0.6 is 0 Å². The number of esters is 1. The number of ether oxygens (including phenoxy) is 1. The highest BCUT2D eigenvalue weighted by Gasteiger charge is 2.39. The molecule has 9 heteroatoms. The number of nitrogens with one attached hydrogen (secondary N) is 2. The van der Waals surface area contributed by atoms with Crippen molar-refractivity contribution in [2.24, 2.45) is 0 Å². The number of carbonyl (C=O) groups is 3. The van der Waals surface area contributed by atoms with Gasteiger partial charge in [0, 0.05) is 50.5 Å². The van der Waals surface area contributed by atoms with Crippen LogP contribution in [0.1, 0.15) is 63.8 Å². The van der Waals surface area contributed by atoms with Crippen LogP contribution in [0, 0.1) is 13.8 Å². The molecular weight excluding hydrogens is 470 g/mol. The third kappa shape index (κ3) is 7.03. The first-order valence-corrected chi connectivity index (χ1v) is 13.3. The van der Waals surface area contributed by atoms with Crippen LogP contribution in [0.2, 0.25) is 0 Å². The second-order valence-electron chi connectivity index (χ2n) is 10.9. The van der Waals surface area contributed by atoms with Gasteiger partial charge in [-0.3, -0.25) is 9.80 Å². The quantitative estimate of drug-likeness (QED) is 0.566. The molecule has 9 nitrogen and oxygen atoms in total. The standard InChI is InChI=1S/C28H43N5O4/c1-8-33-22(18-31-13-10-14-32(16-15-31)27(36)30-28(5,6)7)23(25(34)37-9-2)24(29-26(33)35)21-17-19(3)11-12-20(21)4/h11-12,17,24H,8-10,13-16,18H2,1-7H3,(H,29,35)(H,30,36). The number of hydrogen-bond acceptors (Lipinski definition) is 5. The van der Waals surface area contributed by atoms with Gasteiger partial charge < -0.3 is 20.3 Å². The van der Waals surface area contributed by atoms with Crippen molar-refractivity contribution in [3.63, 3.8) is 0 Å². The maximum absolute atomic E-state index is 13.4. The van der Waals surface area contributed by atoms with E-state index >= 15 is 0 Å². The maximum atomic E-state index is 13.4. The predicted molar refractivity (Wildman–Crippen MR) is 144 cm³/mol. The molecule has 0 radical (unpaired) electrons. The van der Waals surface area contributed by atoms with Gasteiger partial charge in [0.05, 0.1) is 18.2 Å². The van der Waals surface area contributed by atoms with Crippen LogP contribution < -0.4 is 10.6 Å². The molecule has 1 unspecified atom stereocenters. The Bertz CT molecular complexity index is 1050. The van der Waals surface area contributed by atoms with Gasteiger partial charge >= 0.3 is 18.0 Å². The number of benzene rings is 1. The zero-order valence-corrected chi connectivity index (χ0v) is 23.4. The summed E-state index contributed by atoms with van der Waals surface area (Å²) in [5.41, 5.74) is 3.79. The zero-order valence-electron chi connectivity index (χ0n) is 23.4. The van der Waals surface area contributed by atoms with Crippen molar-refractivity contribution in [2.45, 2.75) is 66.5 Å². The summed E-state index contributed by atoms with van der Waals surface area (Å²) in [5.74, 6) is -0.414. The Morgan fingerprint density at radius 1 is 1.11 bits per heavy atom. The molecule has 4 amide bonds. The molecule has 0 aromatic heterocycles. The van der Waals surface area contributed by atoms with E-state index in [0.29, 0.717) is 44.0 Å². The minimum absolute atomic E-state index is 0.0667. The highest BCUT2D eigenvalue weighted by Crippen LogP contribution is 2.34. The van der Waals surface area contributed by atoms with E-state index < -0.39 is 12.0 Å². The van der Waals surface area contributed by atoms with Crippen LogP contribution in [0.25, 0.3) is 0 Å². The molecule has 2 aliphatic heterocycles. The summed E-state index contributed by atoms with van der Waals surface area (Å²) in [5, 5.41) is 6.10. The number of likely N-dealkylation sites (N-methyl/N-ethyl adjacent to an activating group) is 1. The van der Waals surface area contributed by atoms with Gasteiger partial charge in [-0.15, -0.1) is 0 Å². The Labute approximate surface area is 221 Å². The second-order valence-corrected chi connectivity index (χ2v) is 10.9. The molecule has 0 saturated carbocycles. The summed E-state index contributed by atoms with van der Waals surface area (Å²) >= 11 is 0. The summed E-state index contributed by atoms with van der Waals surface area (Å²) in [6.45, 7) is 17.3. The van der Waals surface area contributed by atoms with E-state index in [1.807, 2.05) is 64.6 Å². The van der Waals surface area contributed by atoms with Crippen molar-refractivity contribution >= 4 is 18.0 Å². The van der Waals surface area contributed by atoms with Crippen molar-refractivity contribution in [3.8, 4) is 0 Å². The van der Waals surface area contributed by atoms with Gasteiger partial charge in [0.15, 0.2) is 0 Å². The van der Waals surface area contributed by atoms with Gasteiger partial charge in [-0.05, 0) is 66.0 Å². The fraction of sp³-hybridized carbons (Fsp3) is 0.607. The number of rotatable bonds is 6. The average Bonchev–Trinajstić information content (AvgIpc) is 3.05. The molecule has 37 heavy (non-hydrogen) atoms. The van der Waals surface area contributed by atoms with E-state index in [4.69, 9.17) is 4.74 Å². The van der Waals surface area contributed by atoms with Crippen molar-refractivity contribution < 1.29 is 19.1 Å². The summed E-state index contributed by atoms with van der Waals surface area (Å²) in [7, 11) is 0. The minimum Gasteiger partial charge on any atom is -0.463 e. The summed E-state index contributed by atoms with van der Waals surface area (Å²) < 4.78 is 5.52. The van der Waals surface area contributed by atoms with E-state index in [1.165, 1.54) is 0 Å². The molecule has 1 fully saturated rings. The summed E-state index contributed by atoms with van der Waals surface area (Å²) in [4.78, 5) is 45.1. The van der Waals surface area contributed by atoms with Gasteiger partial charge in [-0.2, -0.15) is 0 Å². The van der Waals surface area contributed by atoms with E-state index in [1.54, 1.807) is 11.8 Å². The van der Waals surface area contributed by atoms with Crippen molar-refractivity contribution in [1.82, 2.24) is 25.3 Å². The summed E-state index contributed by atoms with van der Waals surface area (Å²) in [6.07, 6.45) is 0.804. The normalized spacial score (nSPS) is 19.4. The molecule has 0 bridgehead atoms. The molecule has 1 aromatic carbocycles. The number of carbonyl (C=O) groups excluding carboxylic acids is 3. The van der Waals surface area contributed by atoms with Crippen molar-refractivity contribution in [3.05, 3.63) is 46.2 Å². The molecule has 1 atom stereocenters. The topological polar surface area (TPSA) is 94.2 Å². The highest BCUT2D eigenvalue weighted by molar-refractivity contribution is 5.95. The molecule has 0 aliphatic carbocycles. The monoisotopic (exact) mass is 513 g/mol. The number of amides is 4. The molecule has 2 aliphatic rings. The molecule has 3 rings (SSSR count). The third-order valence-electron chi connectivity index (χ3n) is 6.73. The Kier molecular flexibility index (Phi) is 9.23. The molecule has 1 saturated heterocycles. The third-order valence-corrected chi connectivity index (χ3v) is 6.73. The lowest BCUT2D eigenvalue weighted by Gasteiger charge is -2.38. The Morgan fingerprint density at radius 3 is 2.49 bits per heavy atom. The first-order valence-electron chi connectivity index (χ1n) is 13.3. The van der Waals surface area contributed by atoms with Crippen LogP contribution in [0.4, 0.5) is 9.59 Å². The number of urea groups is 2. The maximum Gasteiger partial charge on any atom is 0.338 e. The van der Waals surface area contributed by atoms with Gasteiger partial charge in [-0.1, -0.05) is 23.8 Å². The lowest BCUT2D eigenvalue weighted by atomic mass is 9.90. The van der Waals surface area contributed by atoms with Crippen LogP contribution in [-0.2, 0) is 9.53 Å². The fourth-order valence-electron chi connectivity index (χ4n) is 4.91. The molecule has 0 spiro atoms. The van der Waals surface area contributed by atoms with Crippen LogP contribution in [0.15, 0.2) is 29.5 Å². The lowest BCUT2D eigenvalue weighted by molar-refractivity contribution is -0.139. The van der Waals surface area contributed by atoms with Crippen LogP contribution in [0.5, 0.6) is 0 Å². The van der Waals surface area contributed by atoms with Gasteiger partial charge in [0.1, 0.15) is 0 Å². The number of aryl methyl sites for hydroxylation is 2. The highest BCUT2D eigenvalue weighted by atomic mass is 16.5. The van der Waals surface area contributed by atoms with E-state index in [-0.39, 0.29) is 24.2 Å². The first kappa shape index (κ1) is 28.5. The molecule has 2 N–H and O–H groups in total. The van der Waals surface area contributed by atoms with Gasteiger partial charge in [0.2, 0.25) is 0 Å². The Balaban J connectivity index is 1.96. The largest absolute Gasteiger partial charge is 0.463 e. The zero-order chi connectivity index (χ0) is 27.3. The molecular formula is C28H43N5O4. The van der Waals surface area contributed by atoms with E-state index in [0.717, 1.165) is 29.7 Å².